The molecule has 1 aliphatic heterocycles. The fraction of sp³-hybridized carbons (Fsp3) is 0.238. The van der Waals surface area contributed by atoms with Crippen LogP contribution in [-0.2, 0) is 0 Å². The molecule has 0 spiro atoms. The van der Waals surface area contributed by atoms with Gasteiger partial charge in [-0.2, -0.15) is 4.98 Å². The molecule has 1 fully saturated rings. The number of aromatic nitrogens is 4. The van der Waals surface area contributed by atoms with E-state index >= 15 is 0 Å². The van der Waals surface area contributed by atoms with Gasteiger partial charge in [0.15, 0.2) is 5.82 Å². The van der Waals surface area contributed by atoms with Crippen molar-refractivity contribution in [1.82, 2.24) is 19.9 Å². The first-order valence-electron chi connectivity index (χ1n) is 9.48. The Morgan fingerprint density at radius 2 is 1.76 bits per heavy atom. The smallest absolute Gasteiger partial charge is 0.233 e. The summed E-state index contributed by atoms with van der Waals surface area (Å²) in [5.41, 5.74) is 1.21. The third-order valence-electron chi connectivity index (χ3n) is 5.08. The van der Waals surface area contributed by atoms with Crippen molar-refractivity contribution in [3.8, 4) is 16.3 Å². The average Bonchev–Trinajstić information content (AvgIpc) is 3.24. The summed E-state index contributed by atoms with van der Waals surface area (Å²) in [4.78, 5) is 24.6. The van der Waals surface area contributed by atoms with Crippen molar-refractivity contribution in [3.63, 3.8) is 0 Å². The molecule has 0 bridgehead atoms. The maximum Gasteiger partial charge on any atom is 0.233 e. The number of hydrogen-bond donors (Lipinski definition) is 0. The lowest BCUT2D eigenvalue weighted by molar-refractivity contribution is 0.395. The van der Waals surface area contributed by atoms with Gasteiger partial charge in [-0.25, -0.2) is 9.97 Å². The summed E-state index contributed by atoms with van der Waals surface area (Å²) >= 11 is 1.71. The van der Waals surface area contributed by atoms with Crippen LogP contribution in [0.3, 0.4) is 0 Å². The van der Waals surface area contributed by atoms with Crippen molar-refractivity contribution in [1.29, 1.82) is 0 Å². The minimum atomic E-state index is 0.536. The monoisotopic (exact) mass is 404 g/mol. The molecule has 0 saturated carbocycles. The van der Waals surface area contributed by atoms with Crippen LogP contribution in [0.25, 0.3) is 20.7 Å². The Morgan fingerprint density at radius 3 is 2.55 bits per heavy atom. The quantitative estimate of drug-likeness (QED) is 0.516. The Kier molecular flexibility index (Phi) is 4.69. The SMILES string of the molecule is COc1cncc(N2CCN(c3ncnc4sc(-c5ccccc5)cc34)CC2)n1. The summed E-state index contributed by atoms with van der Waals surface area (Å²) < 4.78 is 5.20. The molecule has 5 rings (SSSR count). The van der Waals surface area contributed by atoms with Gasteiger partial charge in [-0.3, -0.25) is 4.98 Å². The van der Waals surface area contributed by atoms with Crippen molar-refractivity contribution in [2.75, 3.05) is 43.1 Å². The third kappa shape index (κ3) is 3.47. The van der Waals surface area contributed by atoms with Gasteiger partial charge in [0, 0.05) is 31.1 Å². The highest BCUT2D eigenvalue weighted by molar-refractivity contribution is 7.21. The van der Waals surface area contributed by atoms with E-state index in [4.69, 9.17) is 4.74 Å². The molecule has 1 aromatic carbocycles. The topological polar surface area (TPSA) is 67.3 Å². The van der Waals surface area contributed by atoms with Crippen LogP contribution in [0.1, 0.15) is 0 Å². The van der Waals surface area contributed by atoms with E-state index < -0.39 is 0 Å². The maximum absolute atomic E-state index is 5.20. The summed E-state index contributed by atoms with van der Waals surface area (Å²) in [6.45, 7) is 3.43. The van der Waals surface area contributed by atoms with Gasteiger partial charge in [-0.05, 0) is 11.6 Å². The number of benzene rings is 1. The molecule has 0 radical (unpaired) electrons. The van der Waals surface area contributed by atoms with Crippen LogP contribution in [0, 0.1) is 0 Å². The molecule has 0 atom stereocenters. The number of anilines is 2. The highest BCUT2D eigenvalue weighted by Crippen LogP contribution is 2.36. The van der Waals surface area contributed by atoms with Crippen LogP contribution in [0.5, 0.6) is 5.88 Å². The summed E-state index contributed by atoms with van der Waals surface area (Å²) in [6, 6.07) is 12.6. The lowest BCUT2D eigenvalue weighted by Crippen LogP contribution is -2.47. The number of hydrogen-bond acceptors (Lipinski definition) is 8. The minimum absolute atomic E-state index is 0.536. The van der Waals surface area contributed by atoms with E-state index in [1.807, 2.05) is 6.07 Å². The molecule has 8 heteroatoms. The van der Waals surface area contributed by atoms with Crippen LogP contribution in [0.2, 0.25) is 0 Å². The normalized spacial score (nSPS) is 14.4. The number of rotatable bonds is 4. The molecule has 3 aromatic heterocycles. The van der Waals surface area contributed by atoms with Gasteiger partial charge in [-0.15, -0.1) is 11.3 Å². The summed E-state index contributed by atoms with van der Waals surface area (Å²) in [5, 5.41) is 1.12. The van der Waals surface area contributed by atoms with Crippen LogP contribution >= 0.6 is 11.3 Å². The van der Waals surface area contributed by atoms with E-state index in [9.17, 15) is 0 Å². The first-order valence-corrected chi connectivity index (χ1v) is 10.3. The molecule has 1 saturated heterocycles. The molecular formula is C21H20N6OS. The van der Waals surface area contributed by atoms with Gasteiger partial charge >= 0.3 is 0 Å². The maximum atomic E-state index is 5.20. The first-order chi connectivity index (χ1) is 14.3. The molecule has 0 amide bonds. The third-order valence-corrected chi connectivity index (χ3v) is 6.17. The number of methoxy groups -OCH3 is 1. The molecule has 4 aromatic rings. The Labute approximate surface area is 172 Å². The van der Waals surface area contributed by atoms with Crippen LogP contribution in [0.4, 0.5) is 11.6 Å². The predicted molar refractivity (Wildman–Crippen MR) is 116 cm³/mol. The zero-order valence-corrected chi connectivity index (χ0v) is 16.8. The van der Waals surface area contributed by atoms with Crippen molar-refractivity contribution < 1.29 is 4.74 Å². The number of thiophene rings is 1. The van der Waals surface area contributed by atoms with E-state index in [1.54, 1.807) is 37.2 Å². The zero-order valence-electron chi connectivity index (χ0n) is 16.0. The molecule has 0 N–H and O–H groups in total. The Bertz CT molecular complexity index is 1120. The second-order valence-electron chi connectivity index (χ2n) is 6.79. The van der Waals surface area contributed by atoms with Crippen LogP contribution < -0.4 is 14.5 Å². The van der Waals surface area contributed by atoms with Crippen molar-refractivity contribution in [2.45, 2.75) is 0 Å². The van der Waals surface area contributed by atoms with Crippen LogP contribution in [-0.4, -0.2) is 53.2 Å². The molecule has 0 aliphatic carbocycles. The largest absolute Gasteiger partial charge is 0.480 e. The van der Waals surface area contributed by atoms with Crippen LogP contribution in [0.15, 0.2) is 55.1 Å². The molecule has 29 heavy (non-hydrogen) atoms. The summed E-state index contributed by atoms with van der Waals surface area (Å²) in [5.74, 6) is 2.39. The van der Waals surface area contributed by atoms with E-state index in [0.717, 1.165) is 48.0 Å². The molecule has 146 valence electrons. The number of ether oxygens (including phenoxy) is 1. The minimum Gasteiger partial charge on any atom is -0.480 e. The highest BCUT2D eigenvalue weighted by atomic mass is 32.1. The number of nitrogens with zero attached hydrogens (tertiary/aromatic N) is 6. The first kappa shape index (κ1) is 17.8. The second-order valence-corrected chi connectivity index (χ2v) is 7.82. The Hall–Kier alpha value is -3.26. The van der Waals surface area contributed by atoms with E-state index in [-0.39, 0.29) is 0 Å². The van der Waals surface area contributed by atoms with Gasteiger partial charge in [0.25, 0.3) is 0 Å². The highest BCUT2D eigenvalue weighted by Gasteiger charge is 2.22. The Balaban J connectivity index is 1.38. The standard InChI is InChI=1S/C21H20N6OS/c1-28-19-13-22-12-18(25-19)26-7-9-27(10-8-26)20-16-11-17(15-5-3-2-4-6-15)29-21(16)24-14-23-20/h2-6,11-14H,7-10H2,1H3. The van der Waals surface area contributed by atoms with Crippen molar-refractivity contribution >= 4 is 33.2 Å². The fourth-order valence-corrected chi connectivity index (χ4v) is 4.58. The predicted octanol–water partition coefficient (Wildman–Crippen LogP) is 3.48. The van der Waals surface area contributed by atoms with Gasteiger partial charge in [0.2, 0.25) is 5.88 Å². The van der Waals surface area contributed by atoms with Gasteiger partial charge in [-0.1, -0.05) is 30.3 Å². The van der Waals surface area contributed by atoms with Gasteiger partial charge in [0.1, 0.15) is 17.0 Å². The Morgan fingerprint density at radius 1 is 0.966 bits per heavy atom. The number of fused-ring (bicyclic) bond motifs is 1. The number of piperazine rings is 1. The lowest BCUT2D eigenvalue weighted by Gasteiger charge is -2.36. The second kappa shape index (κ2) is 7.63. The van der Waals surface area contributed by atoms with E-state index in [2.05, 4.69) is 60.1 Å². The summed E-state index contributed by atoms with van der Waals surface area (Å²) in [7, 11) is 1.61. The van der Waals surface area contributed by atoms with Crippen molar-refractivity contribution in [3.05, 3.63) is 55.1 Å². The van der Waals surface area contributed by atoms with E-state index in [1.165, 1.54) is 10.4 Å². The molecule has 1 aliphatic rings. The molecule has 7 nitrogen and oxygen atoms in total. The van der Waals surface area contributed by atoms with Gasteiger partial charge < -0.3 is 14.5 Å². The fourth-order valence-electron chi connectivity index (χ4n) is 3.58. The van der Waals surface area contributed by atoms with Crippen molar-refractivity contribution in [2.24, 2.45) is 0 Å². The van der Waals surface area contributed by atoms with Gasteiger partial charge in [0.05, 0.1) is 24.9 Å². The molecular weight excluding hydrogens is 384 g/mol. The molecule has 4 heterocycles. The molecule has 0 unspecified atom stereocenters. The van der Waals surface area contributed by atoms with E-state index in [0.29, 0.717) is 5.88 Å². The zero-order chi connectivity index (χ0) is 19.6. The summed E-state index contributed by atoms with van der Waals surface area (Å²) in [6.07, 6.45) is 5.08. The average molecular weight is 404 g/mol. The lowest BCUT2D eigenvalue weighted by atomic mass is 10.2.